The third-order valence-corrected chi connectivity index (χ3v) is 6.81. The lowest BCUT2D eigenvalue weighted by molar-refractivity contribution is -0.140. The van der Waals surface area contributed by atoms with Gasteiger partial charge in [-0.2, -0.15) is 0 Å². The zero-order chi connectivity index (χ0) is 18.1. The first-order valence-corrected chi connectivity index (χ1v) is 9.52. The number of alkyl carbamates (subject to hydrolysis) is 1. The van der Waals surface area contributed by atoms with Gasteiger partial charge in [-0.25, -0.2) is 9.18 Å². The maximum Gasteiger partial charge on any atom is 0.407 e. The number of hydrogen-bond donors (Lipinski definition) is 1. The van der Waals surface area contributed by atoms with Gasteiger partial charge in [-0.15, -0.1) is 0 Å². The van der Waals surface area contributed by atoms with Gasteiger partial charge >= 0.3 is 6.09 Å². The van der Waals surface area contributed by atoms with Gasteiger partial charge in [0.05, 0.1) is 5.54 Å². The standard InChI is InChI=1S/C20H23FN2O3/c1-2-11-5-12(3-4-16(11)21)17-14-8-23(9-15(14)17)18(24)13-6-20(7-13)10-26-19(25)22-20/h3-5,13-15,17H,2,6-10H2,1H3,(H,22,25)/t13-,14-,15+,17+,20+. The molecule has 0 bridgehead atoms. The van der Waals surface area contributed by atoms with Crippen molar-refractivity contribution >= 4 is 12.0 Å². The summed E-state index contributed by atoms with van der Waals surface area (Å²) in [6.45, 7) is 3.96. The van der Waals surface area contributed by atoms with E-state index in [1.165, 1.54) is 5.56 Å². The number of carbonyl (C=O) groups is 2. The number of hydrogen-bond acceptors (Lipinski definition) is 3. The molecule has 2 saturated carbocycles. The molecule has 6 heteroatoms. The first kappa shape index (κ1) is 16.1. The molecule has 3 atom stereocenters. The Bertz CT molecular complexity index is 777. The molecule has 2 saturated heterocycles. The third kappa shape index (κ3) is 2.34. The molecule has 0 unspecified atom stereocenters. The van der Waals surface area contributed by atoms with Gasteiger partial charge in [-0.05, 0) is 54.2 Å². The molecule has 1 spiro atoms. The van der Waals surface area contributed by atoms with Gasteiger partial charge in [0.1, 0.15) is 12.4 Å². The second-order valence-electron chi connectivity index (χ2n) is 8.39. The van der Waals surface area contributed by atoms with E-state index in [-0.39, 0.29) is 29.3 Å². The number of carbonyl (C=O) groups excluding carboxylic acids is 2. The molecule has 0 aromatic heterocycles. The molecule has 4 aliphatic rings. The summed E-state index contributed by atoms with van der Waals surface area (Å²) in [4.78, 5) is 25.9. The number of amides is 2. The maximum atomic E-state index is 13.7. The highest BCUT2D eigenvalue weighted by molar-refractivity contribution is 5.82. The second-order valence-corrected chi connectivity index (χ2v) is 8.39. The summed E-state index contributed by atoms with van der Waals surface area (Å²) in [5.41, 5.74) is 1.70. The highest BCUT2D eigenvalue weighted by Crippen LogP contribution is 2.59. The number of likely N-dealkylation sites (tertiary alicyclic amines) is 1. The summed E-state index contributed by atoms with van der Waals surface area (Å²) >= 11 is 0. The average Bonchev–Trinajstić information content (AvgIpc) is 2.95. The van der Waals surface area contributed by atoms with Crippen LogP contribution in [-0.2, 0) is 16.0 Å². The summed E-state index contributed by atoms with van der Waals surface area (Å²) in [6, 6.07) is 5.49. The van der Waals surface area contributed by atoms with Gasteiger partial charge in [0, 0.05) is 19.0 Å². The fraction of sp³-hybridized carbons (Fsp3) is 0.600. The Kier molecular flexibility index (Phi) is 3.37. The lowest BCUT2D eigenvalue weighted by Crippen LogP contribution is -2.58. The largest absolute Gasteiger partial charge is 0.447 e. The van der Waals surface area contributed by atoms with Crippen molar-refractivity contribution < 1.29 is 18.7 Å². The van der Waals surface area contributed by atoms with Crippen molar-refractivity contribution in [1.29, 1.82) is 0 Å². The van der Waals surface area contributed by atoms with Crippen molar-refractivity contribution in [2.24, 2.45) is 17.8 Å². The Morgan fingerprint density at radius 2 is 2.08 bits per heavy atom. The summed E-state index contributed by atoms with van der Waals surface area (Å²) in [6.07, 6.45) is 1.71. The van der Waals surface area contributed by atoms with Crippen molar-refractivity contribution in [2.45, 2.75) is 37.6 Å². The Morgan fingerprint density at radius 3 is 2.69 bits per heavy atom. The molecular formula is C20H23FN2O3. The van der Waals surface area contributed by atoms with Crippen molar-refractivity contribution in [3.63, 3.8) is 0 Å². The molecule has 2 heterocycles. The van der Waals surface area contributed by atoms with E-state index in [0.717, 1.165) is 18.7 Å². The Balaban J connectivity index is 1.18. The number of ether oxygens (including phenoxy) is 1. The summed E-state index contributed by atoms with van der Waals surface area (Å²) in [5.74, 6) is 1.60. The van der Waals surface area contributed by atoms with E-state index >= 15 is 0 Å². The molecule has 2 aliphatic heterocycles. The van der Waals surface area contributed by atoms with Crippen molar-refractivity contribution in [2.75, 3.05) is 19.7 Å². The number of benzene rings is 1. The van der Waals surface area contributed by atoms with Crippen LogP contribution in [0, 0.1) is 23.6 Å². The number of halogens is 1. The Morgan fingerprint density at radius 1 is 1.35 bits per heavy atom. The highest BCUT2D eigenvalue weighted by atomic mass is 19.1. The van der Waals surface area contributed by atoms with Crippen LogP contribution in [0.1, 0.15) is 36.8 Å². The van der Waals surface area contributed by atoms with E-state index in [1.807, 2.05) is 24.0 Å². The van der Waals surface area contributed by atoms with E-state index < -0.39 is 0 Å². The first-order valence-electron chi connectivity index (χ1n) is 9.52. The molecule has 5 nitrogen and oxygen atoms in total. The van der Waals surface area contributed by atoms with Crippen LogP contribution in [0.3, 0.4) is 0 Å². The zero-order valence-electron chi connectivity index (χ0n) is 14.8. The van der Waals surface area contributed by atoms with E-state index in [4.69, 9.17) is 4.74 Å². The minimum absolute atomic E-state index is 0.00506. The van der Waals surface area contributed by atoms with Crippen LogP contribution in [0.25, 0.3) is 0 Å². The molecule has 1 aromatic rings. The maximum absolute atomic E-state index is 13.7. The number of nitrogens with one attached hydrogen (secondary N) is 1. The molecule has 1 aromatic carbocycles. The van der Waals surface area contributed by atoms with Gasteiger partial charge in [0.15, 0.2) is 0 Å². The van der Waals surface area contributed by atoms with Gasteiger partial charge < -0.3 is 15.0 Å². The van der Waals surface area contributed by atoms with E-state index in [1.54, 1.807) is 6.07 Å². The highest BCUT2D eigenvalue weighted by Gasteiger charge is 2.59. The molecule has 0 radical (unpaired) electrons. The number of aryl methyl sites for hydroxylation is 1. The zero-order valence-corrected chi connectivity index (χ0v) is 14.8. The number of fused-ring (bicyclic) bond motifs is 1. The molecule has 26 heavy (non-hydrogen) atoms. The van der Waals surface area contributed by atoms with Gasteiger partial charge in [0.25, 0.3) is 0 Å². The smallest absolute Gasteiger partial charge is 0.407 e. The summed E-state index contributed by atoms with van der Waals surface area (Å²) < 4.78 is 18.7. The van der Waals surface area contributed by atoms with Gasteiger partial charge in [-0.3, -0.25) is 4.79 Å². The number of piperidine rings is 1. The van der Waals surface area contributed by atoms with Crippen LogP contribution in [0.2, 0.25) is 0 Å². The first-order chi connectivity index (χ1) is 12.5. The second kappa shape index (κ2) is 5.44. The van der Waals surface area contributed by atoms with E-state index in [9.17, 15) is 14.0 Å². The van der Waals surface area contributed by atoms with Crippen LogP contribution < -0.4 is 5.32 Å². The van der Waals surface area contributed by atoms with Crippen molar-refractivity contribution in [1.82, 2.24) is 10.2 Å². The van der Waals surface area contributed by atoms with Crippen molar-refractivity contribution in [3.8, 4) is 0 Å². The Labute approximate surface area is 151 Å². The Hall–Kier alpha value is -2.11. The number of rotatable bonds is 3. The SMILES string of the molecule is CCc1cc([C@H]2[C@@H]3CN(C(=O)[C@H]4C[C@]5(COC(=O)N5)C4)C[C@@H]32)ccc1F. The summed E-state index contributed by atoms with van der Waals surface area (Å²) in [5, 5.41) is 2.84. The lowest BCUT2D eigenvalue weighted by atomic mass is 9.68. The molecule has 1 N–H and O–H groups in total. The van der Waals surface area contributed by atoms with Gasteiger partial charge in [0.2, 0.25) is 5.91 Å². The molecule has 2 aliphatic carbocycles. The van der Waals surface area contributed by atoms with Crippen LogP contribution >= 0.6 is 0 Å². The predicted octanol–water partition coefficient (Wildman–Crippen LogP) is 2.45. The van der Waals surface area contributed by atoms with E-state index in [2.05, 4.69) is 5.32 Å². The topological polar surface area (TPSA) is 58.6 Å². The monoisotopic (exact) mass is 358 g/mol. The van der Waals surface area contributed by atoms with Crippen LogP contribution in [0.4, 0.5) is 9.18 Å². The molecule has 2 amide bonds. The predicted molar refractivity (Wildman–Crippen MR) is 92.0 cm³/mol. The quantitative estimate of drug-likeness (QED) is 0.903. The van der Waals surface area contributed by atoms with Crippen LogP contribution in [0.15, 0.2) is 18.2 Å². The molecule has 138 valence electrons. The molecule has 4 fully saturated rings. The van der Waals surface area contributed by atoms with Crippen LogP contribution in [-0.4, -0.2) is 42.1 Å². The molecule has 5 rings (SSSR count). The van der Waals surface area contributed by atoms with Crippen LogP contribution in [0.5, 0.6) is 0 Å². The lowest BCUT2D eigenvalue weighted by Gasteiger charge is -2.43. The fourth-order valence-corrected chi connectivity index (χ4v) is 5.30. The minimum Gasteiger partial charge on any atom is -0.447 e. The third-order valence-electron chi connectivity index (χ3n) is 6.81. The van der Waals surface area contributed by atoms with Gasteiger partial charge in [-0.1, -0.05) is 19.1 Å². The summed E-state index contributed by atoms with van der Waals surface area (Å²) in [7, 11) is 0. The molecular weight excluding hydrogens is 335 g/mol. The minimum atomic E-state index is -0.369. The average molecular weight is 358 g/mol. The van der Waals surface area contributed by atoms with Crippen molar-refractivity contribution in [3.05, 3.63) is 35.1 Å². The normalized spacial score (nSPS) is 37.2. The number of cyclic esters (lactones) is 1. The fourth-order valence-electron chi connectivity index (χ4n) is 5.30. The number of nitrogens with zero attached hydrogens (tertiary/aromatic N) is 1. The van der Waals surface area contributed by atoms with E-state index in [0.29, 0.717) is 43.6 Å².